The largest absolute Gasteiger partial charge is 0.309 e. The molecule has 3 heterocycles. The average molecular weight is 299 g/mol. The molecule has 0 aromatic carbocycles. The van der Waals surface area contributed by atoms with E-state index in [4.69, 9.17) is 0 Å². The highest BCUT2D eigenvalue weighted by Gasteiger charge is 2.28. The zero-order valence-corrected chi connectivity index (χ0v) is 12.9. The Bertz CT molecular complexity index is 639. The van der Waals surface area contributed by atoms with Gasteiger partial charge in [0.1, 0.15) is 0 Å². The van der Waals surface area contributed by atoms with Crippen LogP contribution in [0.5, 0.6) is 0 Å². The van der Waals surface area contributed by atoms with E-state index >= 15 is 0 Å². The summed E-state index contributed by atoms with van der Waals surface area (Å²) < 4.78 is 1.95. The number of pyridine rings is 1. The van der Waals surface area contributed by atoms with Gasteiger partial charge in [-0.15, -0.1) is 0 Å². The van der Waals surface area contributed by atoms with Crippen molar-refractivity contribution in [3.63, 3.8) is 0 Å². The van der Waals surface area contributed by atoms with Crippen LogP contribution in [0.4, 0.5) is 5.82 Å². The number of carbonyl (C=O) groups excluding carboxylic acids is 1. The molecule has 0 spiro atoms. The van der Waals surface area contributed by atoms with Gasteiger partial charge in [0.25, 0.3) is 0 Å². The van der Waals surface area contributed by atoms with Crippen molar-refractivity contribution < 1.29 is 4.79 Å². The minimum Gasteiger partial charge on any atom is -0.309 e. The Morgan fingerprint density at radius 2 is 2.27 bits per heavy atom. The van der Waals surface area contributed by atoms with Crippen molar-refractivity contribution in [1.82, 2.24) is 19.7 Å². The fraction of sp³-hybridized carbons (Fsp3) is 0.438. The summed E-state index contributed by atoms with van der Waals surface area (Å²) in [6.45, 7) is 5.65. The SMILES string of the molecule is CC(=O)Nc1ccn(C2CCN(C(C)c3ccccn3)C2)n1. The van der Waals surface area contributed by atoms with E-state index in [1.807, 2.05) is 35.3 Å². The number of hydrogen-bond acceptors (Lipinski definition) is 4. The fourth-order valence-corrected chi connectivity index (χ4v) is 2.93. The molecule has 0 radical (unpaired) electrons. The first-order valence-electron chi connectivity index (χ1n) is 7.61. The Kier molecular flexibility index (Phi) is 4.20. The van der Waals surface area contributed by atoms with E-state index < -0.39 is 0 Å². The molecule has 6 nitrogen and oxygen atoms in total. The van der Waals surface area contributed by atoms with Crippen LogP contribution in [0.1, 0.15) is 38.0 Å². The van der Waals surface area contributed by atoms with Crippen LogP contribution in [-0.2, 0) is 4.79 Å². The molecule has 6 heteroatoms. The van der Waals surface area contributed by atoms with Gasteiger partial charge >= 0.3 is 0 Å². The minimum atomic E-state index is -0.0953. The van der Waals surface area contributed by atoms with E-state index in [9.17, 15) is 4.79 Å². The number of aromatic nitrogens is 3. The molecule has 116 valence electrons. The van der Waals surface area contributed by atoms with E-state index in [1.54, 1.807) is 0 Å². The third kappa shape index (κ3) is 3.17. The van der Waals surface area contributed by atoms with Crippen LogP contribution in [0, 0.1) is 0 Å². The van der Waals surface area contributed by atoms with E-state index in [-0.39, 0.29) is 5.91 Å². The molecule has 0 aliphatic carbocycles. The summed E-state index contributed by atoms with van der Waals surface area (Å²) in [5.41, 5.74) is 1.10. The molecule has 1 saturated heterocycles. The molecule has 0 saturated carbocycles. The zero-order chi connectivity index (χ0) is 15.5. The molecule has 1 aliphatic rings. The van der Waals surface area contributed by atoms with Crippen molar-refractivity contribution in [1.29, 1.82) is 0 Å². The molecule has 2 aromatic rings. The van der Waals surface area contributed by atoms with Crippen LogP contribution in [-0.4, -0.2) is 38.7 Å². The second-order valence-corrected chi connectivity index (χ2v) is 5.73. The maximum Gasteiger partial charge on any atom is 0.222 e. The standard InChI is InChI=1S/C16H21N5O/c1-12(15-5-3-4-8-17-15)20-9-6-14(11-20)21-10-7-16(19-21)18-13(2)22/h3-5,7-8,10,12,14H,6,9,11H2,1-2H3,(H,18,19,22). The van der Waals surface area contributed by atoms with Crippen LogP contribution in [0.15, 0.2) is 36.7 Å². The van der Waals surface area contributed by atoms with E-state index in [1.165, 1.54) is 6.92 Å². The maximum atomic E-state index is 11.1. The van der Waals surface area contributed by atoms with Gasteiger partial charge in [0.2, 0.25) is 5.91 Å². The third-order valence-corrected chi connectivity index (χ3v) is 4.14. The molecule has 0 bridgehead atoms. The maximum absolute atomic E-state index is 11.1. The highest BCUT2D eigenvalue weighted by molar-refractivity contribution is 5.87. The van der Waals surface area contributed by atoms with Crippen molar-refractivity contribution in [3.05, 3.63) is 42.4 Å². The van der Waals surface area contributed by atoms with Crippen molar-refractivity contribution in [2.75, 3.05) is 18.4 Å². The topological polar surface area (TPSA) is 63.1 Å². The molecule has 22 heavy (non-hydrogen) atoms. The normalized spacial score (nSPS) is 20.0. The smallest absolute Gasteiger partial charge is 0.222 e. The Balaban J connectivity index is 1.64. The van der Waals surface area contributed by atoms with Crippen LogP contribution in [0.25, 0.3) is 0 Å². The van der Waals surface area contributed by atoms with Crippen molar-refractivity contribution >= 4 is 11.7 Å². The first-order valence-corrected chi connectivity index (χ1v) is 7.61. The van der Waals surface area contributed by atoms with Gasteiger partial charge in [-0.3, -0.25) is 19.4 Å². The van der Waals surface area contributed by atoms with Crippen molar-refractivity contribution in [2.45, 2.75) is 32.4 Å². The number of carbonyl (C=O) groups is 1. The fourth-order valence-electron chi connectivity index (χ4n) is 2.93. The highest BCUT2D eigenvalue weighted by Crippen LogP contribution is 2.28. The van der Waals surface area contributed by atoms with Crippen LogP contribution in [0.3, 0.4) is 0 Å². The molecule has 2 unspecified atom stereocenters. The number of likely N-dealkylation sites (tertiary alicyclic amines) is 1. The van der Waals surface area contributed by atoms with Gasteiger partial charge in [0.15, 0.2) is 5.82 Å². The number of nitrogens with one attached hydrogen (secondary N) is 1. The first kappa shape index (κ1) is 14.7. The lowest BCUT2D eigenvalue weighted by molar-refractivity contribution is -0.114. The molecule has 2 aromatic heterocycles. The summed E-state index contributed by atoms with van der Waals surface area (Å²) in [4.78, 5) is 17.9. The van der Waals surface area contributed by atoms with Gasteiger partial charge in [-0.25, -0.2) is 0 Å². The molecule has 1 aliphatic heterocycles. The quantitative estimate of drug-likeness (QED) is 0.940. The molecular formula is C16H21N5O. The Hall–Kier alpha value is -2.21. The Morgan fingerprint density at radius 3 is 3.00 bits per heavy atom. The van der Waals surface area contributed by atoms with Gasteiger partial charge in [0.05, 0.1) is 11.7 Å². The van der Waals surface area contributed by atoms with Crippen LogP contribution < -0.4 is 5.32 Å². The van der Waals surface area contributed by atoms with E-state index in [2.05, 4.69) is 33.3 Å². The summed E-state index contributed by atoms with van der Waals surface area (Å²) in [5.74, 6) is 0.519. The molecule has 1 fully saturated rings. The lowest BCUT2D eigenvalue weighted by Gasteiger charge is -2.23. The monoisotopic (exact) mass is 299 g/mol. The zero-order valence-electron chi connectivity index (χ0n) is 12.9. The van der Waals surface area contributed by atoms with E-state index in [0.29, 0.717) is 17.9 Å². The van der Waals surface area contributed by atoms with Gasteiger partial charge in [-0.1, -0.05) is 6.07 Å². The third-order valence-electron chi connectivity index (χ3n) is 4.14. The number of nitrogens with zero attached hydrogens (tertiary/aromatic N) is 4. The first-order chi connectivity index (χ1) is 10.6. The second-order valence-electron chi connectivity index (χ2n) is 5.73. The Morgan fingerprint density at radius 1 is 1.41 bits per heavy atom. The summed E-state index contributed by atoms with van der Waals surface area (Å²) in [6.07, 6.45) is 4.83. The summed E-state index contributed by atoms with van der Waals surface area (Å²) in [5, 5.41) is 7.16. The minimum absolute atomic E-state index is 0.0953. The van der Waals surface area contributed by atoms with E-state index in [0.717, 1.165) is 25.2 Å². The van der Waals surface area contributed by atoms with Gasteiger partial charge in [-0.2, -0.15) is 5.10 Å². The molecule has 1 amide bonds. The Labute approximate surface area is 130 Å². The molecule has 1 N–H and O–H groups in total. The lowest BCUT2D eigenvalue weighted by Crippen LogP contribution is -2.26. The van der Waals surface area contributed by atoms with Crippen molar-refractivity contribution in [3.8, 4) is 0 Å². The number of hydrogen-bond donors (Lipinski definition) is 1. The predicted octanol–water partition coefficient (Wildman–Crippen LogP) is 2.24. The number of amides is 1. The van der Waals surface area contributed by atoms with Gasteiger partial charge in [-0.05, 0) is 25.5 Å². The molecular weight excluding hydrogens is 278 g/mol. The average Bonchev–Trinajstić information content (AvgIpc) is 3.15. The number of anilines is 1. The predicted molar refractivity (Wildman–Crippen MR) is 84.4 cm³/mol. The highest BCUT2D eigenvalue weighted by atomic mass is 16.1. The summed E-state index contributed by atoms with van der Waals surface area (Å²) in [7, 11) is 0. The van der Waals surface area contributed by atoms with Crippen LogP contribution >= 0.6 is 0 Å². The molecule has 2 atom stereocenters. The number of rotatable bonds is 4. The lowest BCUT2D eigenvalue weighted by atomic mass is 10.2. The second kappa shape index (κ2) is 6.27. The van der Waals surface area contributed by atoms with Crippen molar-refractivity contribution in [2.24, 2.45) is 0 Å². The summed E-state index contributed by atoms with van der Waals surface area (Å²) >= 11 is 0. The van der Waals surface area contributed by atoms with Gasteiger partial charge < -0.3 is 5.32 Å². The molecule has 3 rings (SSSR count). The van der Waals surface area contributed by atoms with Gasteiger partial charge in [0, 0.05) is 44.5 Å². The van der Waals surface area contributed by atoms with Crippen LogP contribution in [0.2, 0.25) is 0 Å². The summed E-state index contributed by atoms with van der Waals surface area (Å²) in [6, 6.07) is 8.52.